The Morgan fingerprint density at radius 1 is 1.30 bits per heavy atom. The van der Waals surface area contributed by atoms with E-state index in [2.05, 4.69) is 46.9 Å². The molecule has 0 radical (unpaired) electrons. The van der Waals surface area contributed by atoms with Gasteiger partial charge < -0.3 is 0 Å². The van der Waals surface area contributed by atoms with Crippen molar-refractivity contribution >= 4 is 34.5 Å². The fraction of sp³-hybridized carbons (Fsp3) is 0.143. The van der Waals surface area contributed by atoms with E-state index in [-0.39, 0.29) is 0 Å². The van der Waals surface area contributed by atoms with Crippen molar-refractivity contribution in [3.05, 3.63) is 33.4 Å². The molecule has 0 unspecified atom stereocenters. The van der Waals surface area contributed by atoms with Crippen molar-refractivity contribution in [1.82, 2.24) is 0 Å². The highest BCUT2D eigenvalue weighted by molar-refractivity contribution is 14.1. The lowest BCUT2D eigenvalue weighted by atomic mass is 10.2. The predicted octanol–water partition coefficient (Wildman–Crippen LogP) is 2.40. The normalized spacial score (nSPS) is 9.80. The Bertz CT molecular complexity index is 197. The molecular weight excluding hydrogens is 257 g/mol. The smallest absolute Gasteiger partial charge is 0.0328 e. The van der Waals surface area contributed by atoms with Crippen LogP contribution in [0, 0.1) is 3.57 Å². The highest BCUT2D eigenvalue weighted by Crippen LogP contribution is 2.09. The van der Waals surface area contributed by atoms with Gasteiger partial charge in [-0.1, -0.05) is 24.1 Å². The van der Waals surface area contributed by atoms with Gasteiger partial charge in [-0.05, 0) is 40.3 Å². The minimum absolute atomic E-state index is 0.900. The monoisotopic (exact) mass is 265 g/mol. The highest BCUT2D eigenvalue weighted by Gasteiger charge is 1.89. The van der Waals surface area contributed by atoms with Crippen LogP contribution in [0.4, 0.5) is 0 Å². The lowest BCUT2D eigenvalue weighted by molar-refractivity contribution is 1.40. The van der Waals surface area contributed by atoms with E-state index in [9.17, 15) is 0 Å². The molecule has 0 aliphatic heterocycles. The molecule has 0 aromatic heterocycles. The zero-order valence-corrected chi connectivity index (χ0v) is 8.35. The largest absolute Gasteiger partial charge is 0.278 e. The summed E-state index contributed by atoms with van der Waals surface area (Å²) in [6.45, 7) is 0. The topological polar surface area (TPSA) is 26.0 Å². The maximum Gasteiger partial charge on any atom is 0.0328 e. The van der Waals surface area contributed by atoms with Gasteiger partial charge in [0, 0.05) is 9.32 Å². The van der Waals surface area contributed by atoms with E-state index in [0.717, 1.165) is 5.75 Å². The molecule has 0 spiro atoms. The third-order valence-corrected chi connectivity index (χ3v) is 2.38. The van der Waals surface area contributed by atoms with Crippen LogP contribution in [0.15, 0.2) is 24.3 Å². The van der Waals surface area contributed by atoms with E-state index >= 15 is 0 Å². The van der Waals surface area contributed by atoms with E-state index in [1.54, 1.807) is 0 Å². The fourth-order valence-electron chi connectivity index (χ4n) is 0.677. The molecule has 1 nitrogen and oxygen atoms in total. The molecule has 0 heterocycles. The number of halogens is 1. The fourth-order valence-corrected chi connectivity index (χ4v) is 1.42. The van der Waals surface area contributed by atoms with Crippen LogP contribution in [0.2, 0.25) is 0 Å². The van der Waals surface area contributed by atoms with Gasteiger partial charge in [-0.15, -0.1) is 0 Å². The second-order valence-corrected chi connectivity index (χ2v) is 3.81. The number of hydrogen-bond acceptors (Lipinski definition) is 2. The van der Waals surface area contributed by atoms with E-state index in [4.69, 9.17) is 5.14 Å². The summed E-state index contributed by atoms with van der Waals surface area (Å²) in [5, 5.41) is 5.31. The lowest BCUT2D eigenvalue weighted by Gasteiger charge is -1.95. The van der Waals surface area contributed by atoms with Crippen molar-refractivity contribution < 1.29 is 0 Å². The second-order valence-electron chi connectivity index (χ2n) is 1.94. The first kappa shape index (κ1) is 8.36. The summed E-state index contributed by atoms with van der Waals surface area (Å²) in [5.74, 6) is 0.900. The molecule has 1 aromatic carbocycles. The van der Waals surface area contributed by atoms with Gasteiger partial charge in [0.05, 0.1) is 0 Å². The van der Waals surface area contributed by atoms with Gasteiger partial charge in [0.15, 0.2) is 0 Å². The number of hydrogen-bond donors (Lipinski definition) is 1. The van der Waals surface area contributed by atoms with Crippen LogP contribution in [0.3, 0.4) is 0 Å². The number of benzene rings is 1. The molecule has 0 aliphatic carbocycles. The number of rotatable bonds is 2. The molecule has 0 amide bonds. The molecule has 0 saturated carbocycles. The summed E-state index contributed by atoms with van der Waals surface area (Å²) in [6.07, 6.45) is 0. The first-order valence-corrected chi connectivity index (χ1v) is 5.02. The van der Waals surface area contributed by atoms with Crippen LogP contribution in [-0.2, 0) is 5.75 Å². The third kappa shape index (κ3) is 2.48. The average molecular weight is 265 g/mol. The maximum atomic E-state index is 5.31. The van der Waals surface area contributed by atoms with E-state index < -0.39 is 0 Å². The van der Waals surface area contributed by atoms with Gasteiger partial charge in [0.1, 0.15) is 0 Å². The van der Waals surface area contributed by atoms with Crippen molar-refractivity contribution in [1.29, 1.82) is 0 Å². The molecule has 0 bridgehead atoms. The Labute approximate surface area is 78.7 Å². The molecule has 0 fully saturated rings. The van der Waals surface area contributed by atoms with Gasteiger partial charge in [-0.25, -0.2) is 0 Å². The van der Waals surface area contributed by atoms with Crippen LogP contribution in [0.5, 0.6) is 0 Å². The van der Waals surface area contributed by atoms with E-state index in [1.165, 1.54) is 21.1 Å². The molecule has 1 rings (SSSR count). The zero-order valence-electron chi connectivity index (χ0n) is 5.38. The Morgan fingerprint density at radius 3 is 2.40 bits per heavy atom. The maximum absolute atomic E-state index is 5.31. The Morgan fingerprint density at radius 2 is 1.90 bits per heavy atom. The van der Waals surface area contributed by atoms with Crippen molar-refractivity contribution in [2.45, 2.75) is 5.75 Å². The predicted molar refractivity (Wildman–Crippen MR) is 54.6 cm³/mol. The standard InChI is InChI=1S/C7H8INS/c8-7-3-1-6(2-4-7)5-10-9/h1-4H,5,9H2. The van der Waals surface area contributed by atoms with Crippen LogP contribution in [0.1, 0.15) is 5.56 Å². The zero-order chi connectivity index (χ0) is 7.40. The SMILES string of the molecule is NSCc1ccc(I)cc1. The van der Waals surface area contributed by atoms with Gasteiger partial charge in [0.2, 0.25) is 0 Å². The quantitative estimate of drug-likeness (QED) is 0.656. The highest BCUT2D eigenvalue weighted by atomic mass is 127. The molecule has 2 N–H and O–H groups in total. The Hall–Kier alpha value is 0.260. The summed E-state index contributed by atoms with van der Waals surface area (Å²) in [7, 11) is 0. The van der Waals surface area contributed by atoms with Gasteiger partial charge in [0.25, 0.3) is 0 Å². The van der Waals surface area contributed by atoms with Crippen LogP contribution >= 0.6 is 34.5 Å². The van der Waals surface area contributed by atoms with Crippen molar-refractivity contribution in [3.8, 4) is 0 Å². The van der Waals surface area contributed by atoms with Crippen LogP contribution in [0.25, 0.3) is 0 Å². The molecule has 0 saturated heterocycles. The minimum Gasteiger partial charge on any atom is -0.278 e. The molecule has 0 atom stereocenters. The Kier molecular flexibility index (Phi) is 3.51. The first-order valence-electron chi connectivity index (χ1n) is 2.89. The molecular formula is C7H8INS. The van der Waals surface area contributed by atoms with Crippen molar-refractivity contribution in [2.75, 3.05) is 0 Å². The lowest BCUT2D eigenvalue weighted by Crippen LogP contribution is -1.84. The van der Waals surface area contributed by atoms with Crippen molar-refractivity contribution in [3.63, 3.8) is 0 Å². The first-order chi connectivity index (χ1) is 4.83. The van der Waals surface area contributed by atoms with Crippen LogP contribution in [-0.4, -0.2) is 0 Å². The molecule has 0 aliphatic rings. The molecule has 10 heavy (non-hydrogen) atoms. The number of nitrogens with two attached hydrogens (primary N) is 1. The van der Waals surface area contributed by atoms with Crippen molar-refractivity contribution in [2.24, 2.45) is 5.14 Å². The average Bonchev–Trinajstić information content (AvgIpc) is 1.95. The summed E-state index contributed by atoms with van der Waals surface area (Å²) in [5.41, 5.74) is 1.29. The van der Waals surface area contributed by atoms with Crippen LogP contribution < -0.4 is 5.14 Å². The minimum atomic E-state index is 0.900. The summed E-state index contributed by atoms with van der Waals surface area (Å²) in [4.78, 5) is 0. The van der Waals surface area contributed by atoms with E-state index in [1.807, 2.05) is 0 Å². The molecule has 3 heteroatoms. The summed E-state index contributed by atoms with van der Waals surface area (Å²) >= 11 is 3.64. The van der Waals surface area contributed by atoms with Gasteiger partial charge >= 0.3 is 0 Å². The third-order valence-electron chi connectivity index (χ3n) is 1.16. The van der Waals surface area contributed by atoms with Gasteiger partial charge in [-0.2, -0.15) is 0 Å². The summed E-state index contributed by atoms with van der Waals surface area (Å²) < 4.78 is 1.27. The molecule has 1 aromatic rings. The second kappa shape index (κ2) is 4.20. The van der Waals surface area contributed by atoms with Gasteiger partial charge in [-0.3, -0.25) is 5.14 Å². The summed E-state index contributed by atoms with van der Waals surface area (Å²) in [6, 6.07) is 8.38. The molecule has 54 valence electrons. The van der Waals surface area contributed by atoms with E-state index in [0.29, 0.717) is 0 Å². The Balaban J connectivity index is 2.69.